The molecule has 0 radical (unpaired) electrons. The molecule has 0 bridgehead atoms. The van der Waals surface area contributed by atoms with Crippen LogP contribution in [-0.4, -0.2) is 73.3 Å². The molecule has 3 aromatic carbocycles. The highest BCUT2D eigenvalue weighted by Gasteiger charge is 2.40. The Balaban J connectivity index is 1.20. The SMILES string of the molecule is O=C(NC(CCNCCCN1CCCC1=O)c1ccccc1)C1SCCN1S(=O)(=O)c1ccc(-c2ccccc2)cc1. The third-order valence-electron chi connectivity index (χ3n) is 7.72. The second kappa shape index (κ2) is 14.3. The number of amides is 2. The van der Waals surface area contributed by atoms with Gasteiger partial charge in [-0.1, -0.05) is 72.8 Å². The van der Waals surface area contributed by atoms with E-state index in [2.05, 4.69) is 10.6 Å². The highest BCUT2D eigenvalue weighted by atomic mass is 32.2. The van der Waals surface area contributed by atoms with E-state index in [1.54, 1.807) is 12.1 Å². The Morgan fingerprint density at radius 2 is 1.60 bits per heavy atom. The summed E-state index contributed by atoms with van der Waals surface area (Å²) in [6.45, 7) is 3.37. The number of nitrogens with one attached hydrogen (secondary N) is 2. The molecule has 3 aromatic rings. The number of benzene rings is 3. The molecule has 0 aliphatic carbocycles. The molecular formula is C32H38N4O4S2. The largest absolute Gasteiger partial charge is 0.347 e. The van der Waals surface area contributed by atoms with Crippen molar-refractivity contribution in [3.8, 4) is 11.1 Å². The number of carbonyl (C=O) groups excluding carboxylic acids is 2. The van der Waals surface area contributed by atoms with Crippen LogP contribution in [-0.2, 0) is 19.6 Å². The van der Waals surface area contributed by atoms with E-state index in [-0.39, 0.29) is 29.3 Å². The maximum Gasteiger partial charge on any atom is 0.249 e. The van der Waals surface area contributed by atoms with Gasteiger partial charge in [-0.3, -0.25) is 9.59 Å². The average molecular weight is 607 g/mol. The Morgan fingerprint density at radius 3 is 2.29 bits per heavy atom. The zero-order valence-corrected chi connectivity index (χ0v) is 25.3. The minimum absolute atomic E-state index is 0.182. The molecule has 222 valence electrons. The van der Waals surface area contributed by atoms with E-state index in [1.807, 2.05) is 77.7 Å². The molecule has 2 amide bonds. The van der Waals surface area contributed by atoms with Gasteiger partial charge in [-0.25, -0.2) is 8.42 Å². The molecular weight excluding hydrogens is 569 g/mol. The maximum absolute atomic E-state index is 13.6. The van der Waals surface area contributed by atoms with E-state index in [0.29, 0.717) is 25.1 Å². The van der Waals surface area contributed by atoms with Crippen LogP contribution >= 0.6 is 11.8 Å². The molecule has 2 unspecified atom stereocenters. The summed E-state index contributed by atoms with van der Waals surface area (Å²) in [5, 5.41) is 5.75. The van der Waals surface area contributed by atoms with Crippen molar-refractivity contribution < 1.29 is 18.0 Å². The van der Waals surface area contributed by atoms with E-state index < -0.39 is 15.4 Å². The lowest BCUT2D eigenvalue weighted by atomic mass is 10.0. The van der Waals surface area contributed by atoms with Gasteiger partial charge in [0.15, 0.2) is 0 Å². The third kappa shape index (κ3) is 7.42. The van der Waals surface area contributed by atoms with Crippen LogP contribution in [0.4, 0.5) is 0 Å². The fourth-order valence-electron chi connectivity index (χ4n) is 5.45. The number of likely N-dealkylation sites (tertiary alicyclic amines) is 1. The molecule has 2 atom stereocenters. The number of carbonyl (C=O) groups is 2. The van der Waals surface area contributed by atoms with Gasteiger partial charge in [0.05, 0.1) is 10.9 Å². The van der Waals surface area contributed by atoms with Crippen molar-refractivity contribution in [3.63, 3.8) is 0 Å². The summed E-state index contributed by atoms with van der Waals surface area (Å²) < 4.78 is 28.6. The van der Waals surface area contributed by atoms with Gasteiger partial charge >= 0.3 is 0 Å². The van der Waals surface area contributed by atoms with Crippen LogP contribution in [0.2, 0.25) is 0 Å². The highest BCUT2D eigenvalue weighted by Crippen LogP contribution is 2.32. The summed E-state index contributed by atoms with van der Waals surface area (Å²) in [5.41, 5.74) is 2.92. The van der Waals surface area contributed by atoms with Crippen molar-refractivity contribution >= 4 is 33.6 Å². The van der Waals surface area contributed by atoms with Crippen LogP contribution in [0.15, 0.2) is 89.8 Å². The van der Waals surface area contributed by atoms with Gasteiger partial charge in [0.25, 0.3) is 0 Å². The molecule has 5 rings (SSSR count). The molecule has 0 spiro atoms. The molecule has 0 saturated carbocycles. The normalized spacial score (nSPS) is 18.3. The van der Waals surface area contributed by atoms with Crippen LogP contribution in [0.3, 0.4) is 0 Å². The van der Waals surface area contributed by atoms with E-state index in [1.165, 1.54) is 16.1 Å². The topological polar surface area (TPSA) is 98.8 Å². The highest BCUT2D eigenvalue weighted by molar-refractivity contribution is 8.02. The number of thioether (sulfide) groups is 1. The number of sulfonamides is 1. The molecule has 0 aromatic heterocycles. The van der Waals surface area contributed by atoms with Crippen LogP contribution in [0.25, 0.3) is 11.1 Å². The van der Waals surface area contributed by atoms with E-state index >= 15 is 0 Å². The summed E-state index contributed by atoms with van der Waals surface area (Å²) >= 11 is 1.35. The van der Waals surface area contributed by atoms with Gasteiger partial charge in [-0.15, -0.1) is 11.8 Å². The molecule has 10 heteroatoms. The molecule has 42 heavy (non-hydrogen) atoms. The van der Waals surface area contributed by atoms with Crippen LogP contribution in [0, 0.1) is 0 Å². The van der Waals surface area contributed by atoms with Crippen molar-refractivity contribution in [1.29, 1.82) is 0 Å². The smallest absolute Gasteiger partial charge is 0.249 e. The third-order valence-corrected chi connectivity index (χ3v) is 10.9. The van der Waals surface area contributed by atoms with Gasteiger partial charge in [-0.05, 0) is 61.2 Å². The van der Waals surface area contributed by atoms with Gasteiger partial charge in [0.1, 0.15) is 5.37 Å². The monoisotopic (exact) mass is 606 g/mol. The molecule has 2 aliphatic heterocycles. The Hall–Kier alpha value is -3.18. The minimum atomic E-state index is -3.86. The number of rotatable bonds is 13. The van der Waals surface area contributed by atoms with Crippen molar-refractivity contribution in [3.05, 3.63) is 90.5 Å². The first kappa shape index (κ1) is 30.3. The zero-order chi connectivity index (χ0) is 29.4. The first-order valence-electron chi connectivity index (χ1n) is 14.6. The van der Waals surface area contributed by atoms with Gasteiger partial charge < -0.3 is 15.5 Å². The van der Waals surface area contributed by atoms with Crippen molar-refractivity contribution in [2.24, 2.45) is 0 Å². The fraction of sp³-hybridized carbons (Fsp3) is 0.375. The van der Waals surface area contributed by atoms with Crippen molar-refractivity contribution in [2.75, 3.05) is 38.5 Å². The lowest BCUT2D eigenvalue weighted by Gasteiger charge is -2.26. The minimum Gasteiger partial charge on any atom is -0.347 e. The Morgan fingerprint density at radius 1 is 0.905 bits per heavy atom. The van der Waals surface area contributed by atoms with Crippen molar-refractivity contribution in [2.45, 2.75) is 42.0 Å². The molecule has 2 fully saturated rings. The number of hydrogen-bond donors (Lipinski definition) is 2. The number of nitrogens with zero attached hydrogens (tertiary/aromatic N) is 2. The summed E-state index contributed by atoms with van der Waals surface area (Å²) in [6, 6.07) is 26.2. The molecule has 2 N–H and O–H groups in total. The van der Waals surface area contributed by atoms with Gasteiger partial charge in [0, 0.05) is 31.8 Å². The lowest BCUT2D eigenvalue weighted by molar-refractivity contribution is -0.127. The first-order valence-corrected chi connectivity index (χ1v) is 17.0. The zero-order valence-electron chi connectivity index (χ0n) is 23.7. The van der Waals surface area contributed by atoms with E-state index in [9.17, 15) is 18.0 Å². The van der Waals surface area contributed by atoms with Crippen molar-refractivity contribution in [1.82, 2.24) is 19.8 Å². The summed E-state index contributed by atoms with van der Waals surface area (Å²) in [5.74, 6) is 0.492. The summed E-state index contributed by atoms with van der Waals surface area (Å²) in [7, 11) is -3.86. The molecule has 2 saturated heterocycles. The molecule has 2 aliphatic rings. The predicted octanol–water partition coefficient (Wildman–Crippen LogP) is 4.27. The van der Waals surface area contributed by atoms with Gasteiger partial charge in [-0.2, -0.15) is 4.31 Å². The fourth-order valence-corrected chi connectivity index (χ4v) is 8.53. The van der Waals surface area contributed by atoms with Crippen LogP contribution in [0.1, 0.15) is 37.3 Å². The first-order chi connectivity index (χ1) is 20.4. The summed E-state index contributed by atoms with van der Waals surface area (Å²) in [6.07, 6.45) is 3.14. The van der Waals surface area contributed by atoms with E-state index in [4.69, 9.17) is 0 Å². The maximum atomic E-state index is 13.6. The Kier molecular flexibility index (Phi) is 10.3. The predicted molar refractivity (Wildman–Crippen MR) is 167 cm³/mol. The van der Waals surface area contributed by atoms with Crippen LogP contribution in [0.5, 0.6) is 0 Å². The number of hydrogen-bond acceptors (Lipinski definition) is 6. The van der Waals surface area contributed by atoms with Crippen LogP contribution < -0.4 is 10.6 Å². The second-order valence-electron chi connectivity index (χ2n) is 10.6. The Labute approximate surface area is 252 Å². The average Bonchev–Trinajstić information content (AvgIpc) is 3.69. The standard InChI is InChI=1S/C32H38N4O4S2/c37-30-13-7-21-35(30)22-8-19-33-20-18-29(27-11-5-2-6-12-27)34-31(38)32-36(23-24-41-32)42(39,40)28-16-14-26(15-17-28)25-9-3-1-4-10-25/h1-6,9-12,14-17,29,32-33H,7-8,13,18-24H2,(H,34,38). The van der Waals surface area contributed by atoms with E-state index in [0.717, 1.165) is 49.2 Å². The quantitative estimate of drug-likeness (QED) is 0.282. The summed E-state index contributed by atoms with van der Waals surface area (Å²) in [4.78, 5) is 27.5. The lowest BCUT2D eigenvalue weighted by Crippen LogP contribution is -2.46. The molecule has 2 heterocycles. The second-order valence-corrected chi connectivity index (χ2v) is 13.7. The Bertz CT molecular complexity index is 1440. The van der Waals surface area contributed by atoms with Gasteiger partial charge in [0.2, 0.25) is 21.8 Å². The molecule has 8 nitrogen and oxygen atoms in total.